The Kier molecular flexibility index (Phi) is 6.55. The van der Waals surface area contributed by atoms with Gasteiger partial charge in [-0.1, -0.05) is 19.1 Å². The monoisotopic (exact) mass is 389 g/mol. The lowest BCUT2D eigenvalue weighted by Gasteiger charge is -2.31. The zero-order valence-electron chi connectivity index (χ0n) is 15.4. The van der Waals surface area contributed by atoms with E-state index >= 15 is 0 Å². The van der Waals surface area contributed by atoms with Gasteiger partial charge in [0.2, 0.25) is 11.8 Å². The normalized spacial score (nSPS) is 15.0. The van der Waals surface area contributed by atoms with Gasteiger partial charge in [0.15, 0.2) is 0 Å². The molecule has 0 atom stereocenters. The Morgan fingerprint density at radius 2 is 2.11 bits per heavy atom. The molecule has 5 nitrogen and oxygen atoms in total. The van der Waals surface area contributed by atoms with E-state index in [9.17, 15) is 14.0 Å². The highest BCUT2D eigenvalue weighted by atomic mass is 32.1. The van der Waals surface area contributed by atoms with Crippen molar-refractivity contribution in [1.29, 1.82) is 0 Å². The van der Waals surface area contributed by atoms with Crippen molar-refractivity contribution in [3.05, 3.63) is 41.2 Å². The fourth-order valence-electron chi connectivity index (χ4n) is 3.19. The van der Waals surface area contributed by atoms with Gasteiger partial charge in [0.25, 0.3) is 0 Å². The summed E-state index contributed by atoms with van der Waals surface area (Å²) in [5.41, 5.74) is 1.42. The van der Waals surface area contributed by atoms with Crippen LogP contribution in [0.3, 0.4) is 0 Å². The summed E-state index contributed by atoms with van der Waals surface area (Å²) in [6, 6.07) is 6.30. The minimum absolute atomic E-state index is 0.000507. The number of rotatable bonds is 6. The maximum absolute atomic E-state index is 13.4. The van der Waals surface area contributed by atoms with Gasteiger partial charge >= 0.3 is 0 Å². The third-order valence-corrected chi connectivity index (χ3v) is 5.66. The molecular weight excluding hydrogens is 365 g/mol. The number of carbonyl (C=O) groups is 2. The average Bonchev–Trinajstić information content (AvgIpc) is 3.14. The third kappa shape index (κ3) is 5.13. The number of nitrogens with zero attached hydrogens (tertiary/aromatic N) is 2. The molecule has 0 spiro atoms. The first-order valence-electron chi connectivity index (χ1n) is 9.32. The minimum atomic E-state index is -0.300. The van der Waals surface area contributed by atoms with E-state index in [4.69, 9.17) is 0 Å². The van der Waals surface area contributed by atoms with Gasteiger partial charge in [-0.2, -0.15) is 0 Å². The molecule has 1 aliphatic heterocycles. The number of hydrogen-bond donors (Lipinski definition) is 1. The predicted octanol–water partition coefficient (Wildman–Crippen LogP) is 3.26. The number of hydrogen-bond acceptors (Lipinski definition) is 4. The van der Waals surface area contributed by atoms with Crippen LogP contribution in [0.4, 0.5) is 4.39 Å². The summed E-state index contributed by atoms with van der Waals surface area (Å²) >= 11 is 1.41. The molecule has 1 fully saturated rings. The van der Waals surface area contributed by atoms with Crippen LogP contribution in [0, 0.1) is 11.7 Å². The summed E-state index contributed by atoms with van der Waals surface area (Å²) in [6.45, 7) is 3.93. The van der Waals surface area contributed by atoms with E-state index in [0.717, 1.165) is 12.0 Å². The van der Waals surface area contributed by atoms with Crippen LogP contribution in [0.2, 0.25) is 0 Å². The van der Waals surface area contributed by atoms with E-state index in [2.05, 4.69) is 10.3 Å². The second-order valence-electron chi connectivity index (χ2n) is 6.78. The van der Waals surface area contributed by atoms with Crippen LogP contribution in [-0.2, 0) is 16.0 Å². The highest BCUT2D eigenvalue weighted by Gasteiger charge is 2.27. The van der Waals surface area contributed by atoms with Crippen molar-refractivity contribution in [2.45, 2.75) is 32.6 Å². The predicted molar refractivity (Wildman–Crippen MR) is 104 cm³/mol. The van der Waals surface area contributed by atoms with Gasteiger partial charge in [0.05, 0.1) is 12.1 Å². The molecule has 3 rings (SSSR count). The van der Waals surface area contributed by atoms with E-state index < -0.39 is 0 Å². The zero-order chi connectivity index (χ0) is 19.2. The molecule has 2 heterocycles. The first-order chi connectivity index (χ1) is 13.1. The molecule has 1 aliphatic rings. The molecule has 0 unspecified atom stereocenters. The van der Waals surface area contributed by atoms with Crippen LogP contribution in [-0.4, -0.2) is 41.3 Å². The number of amides is 2. The van der Waals surface area contributed by atoms with E-state index in [0.29, 0.717) is 43.2 Å². The van der Waals surface area contributed by atoms with Crippen LogP contribution in [0.15, 0.2) is 29.6 Å². The second kappa shape index (κ2) is 9.08. The first kappa shape index (κ1) is 19.5. The number of carbonyl (C=O) groups excluding carboxylic acids is 2. The molecule has 0 bridgehead atoms. The number of halogens is 1. The summed E-state index contributed by atoms with van der Waals surface area (Å²) in [5, 5.41) is 5.49. The van der Waals surface area contributed by atoms with Crippen molar-refractivity contribution in [2.24, 2.45) is 5.92 Å². The van der Waals surface area contributed by atoms with Crippen molar-refractivity contribution in [3.63, 3.8) is 0 Å². The van der Waals surface area contributed by atoms with Crippen molar-refractivity contribution >= 4 is 23.2 Å². The first-order valence-corrected chi connectivity index (χ1v) is 10.2. The van der Waals surface area contributed by atoms with Crippen molar-refractivity contribution in [1.82, 2.24) is 15.2 Å². The second-order valence-corrected chi connectivity index (χ2v) is 7.64. The highest BCUT2D eigenvalue weighted by Crippen LogP contribution is 2.25. The molecule has 0 radical (unpaired) electrons. The van der Waals surface area contributed by atoms with Gasteiger partial charge in [-0.05, 0) is 31.4 Å². The maximum atomic E-state index is 13.4. The van der Waals surface area contributed by atoms with E-state index in [1.165, 1.54) is 23.5 Å². The molecule has 1 aromatic carbocycles. The molecule has 27 heavy (non-hydrogen) atoms. The zero-order valence-corrected chi connectivity index (χ0v) is 16.2. The Labute approximate surface area is 162 Å². The molecule has 7 heteroatoms. The fourth-order valence-corrected chi connectivity index (χ4v) is 4.01. The minimum Gasteiger partial charge on any atom is -0.356 e. The van der Waals surface area contributed by atoms with Gasteiger partial charge in [0, 0.05) is 36.5 Å². The Hall–Kier alpha value is -2.28. The SMILES string of the molecule is CCCNC(=O)C1CCN(C(=O)Cc2csc(-c3cccc(F)c3)n2)CC1. The molecule has 0 saturated carbocycles. The molecule has 1 N–H and O–H groups in total. The third-order valence-electron chi connectivity index (χ3n) is 4.72. The molecular formula is C20H24FN3O2S. The van der Waals surface area contributed by atoms with Crippen LogP contribution >= 0.6 is 11.3 Å². The summed E-state index contributed by atoms with van der Waals surface area (Å²) in [6.07, 6.45) is 2.56. The number of benzene rings is 1. The largest absolute Gasteiger partial charge is 0.356 e. The van der Waals surface area contributed by atoms with Crippen molar-refractivity contribution in [2.75, 3.05) is 19.6 Å². The fraction of sp³-hybridized carbons (Fsp3) is 0.450. The summed E-state index contributed by atoms with van der Waals surface area (Å²) < 4.78 is 13.4. The maximum Gasteiger partial charge on any atom is 0.228 e. The Morgan fingerprint density at radius 3 is 2.81 bits per heavy atom. The van der Waals surface area contributed by atoms with E-state index in [1.54, 1.807) is 6.07 Å². The Bertz CT molecular complexity index is 800. The number of likely N-dealkylation sites (tertiary alicyclic amines) is 1. The molecule has 1 aromatic heterocycles. The van der Waals surface area contributed by atoms with E-state index in [1.807, 2.05) is 23.3 Å². The quantitative estimate of drug-likeness (QED) is 0.825. The molecule has 2 aromatic rings. The van der Waals surface area contributed by atoms with Gasteiger partial charge in [0.1, 0.15) is 10.8 Å². The lowest BCUT2D eigenvalue weighted by atomic mass is 9.95. The van der Waals surface area contributed by atoms with Crippen LogP contribution in [0.1, 0.15) is 31.9 Å². The molecule has 0 aliphatic carbocycles. The van der Waals surface area contributed by atoms with Crippen LogP contribution in [0.25, 0.3) is 10.6 Å². The lowest BCUT2D eigenvalue weighted by Crippen LogP contribution is -2.43. The summed E-state index contributed by atoms with van der Waals surface area (Å²) in [5.74, 6) is -0.174. The Balaban J connectivity index is 1.52. The topological polar surface area (TPSA) is 62.3 Å². The lowest BCUT2D eigenvalue weighted by molar-refractivity contribution is -0.135. The smallest absolute Gasteiger partial charge is 0.228 e. The average molecular weight is 389 g/mol. The number of nitrogens with one attached hydrogen (secondary N) is 1. The number of aromatic nitrogens is 1. The van der Waals surface area contributed by atoms with Gasteiger partial charge in [-0.3, -0.25) is 9.59 Å². The number of thiazole rings is 1. The van der Waals surface area contributed by atoms with Crippen LogP contribution < -0.4 is 5.32 Å². The molecule has 144 valence electrons. The number of piperidine rings is 1. The Morgan fingerprint density at radius 1 is 1.33 bits per heavy atom. The standard InChI is InChI=1S/C20H24FN3O2S/c1-2-8-22-19(26)14-6-9-24(10-7-14)18(25)12-17-13-27-20(23-17)15-4-3-5-16(21)11-15/h3-5,11,13-14H,2,6-10,12H2,1H3,(H,22,26). The summed E-state index contributed by atoms with van der Waals surface area (Å²) in [7, 11) is 0. The van der Waals surface area contributed by atoms with Crippen molar-refractivity contribution < 1.29 is 14.0 Å². The molecule has 2 amide bonds. The van der Waals surface area contributed by atoms with Crippen LogP contribution in [0.5, 0.6) is 0 Å². The van der Waals surface area contributed by atoms with Gasteiger partial charge < -0.3 is 10.2 Å². The highest BCUT2D eigenvalue weighted by molar-refractivity contribution is 7.13. The van der Waals surface area contributed by atoms with Gasteiger partial charge in [-0.25, -0.2) is 9.37 Å². The van der Waals surface area contributed by atoms with Crippen molar-refractivity contribution in [3.8, 4) is 10.6 Å². The van der Waals surface area contributed by atoms with E-state index in [-0.39, 0.29) is 30.0 Å². The molecule has 1 saturated heterocycles. The summed E-state index contributed by atoms with van der Waals surface area (Å²) in [4.78, 5) is 30.9. The van der Waals surface area contributed by atoms with Gasteiger partial charge in [-0.15, -0.1) is 11.3 Å².